The Hall–Kier alpha value is -1.33. The van der Waals surface area contributed by atoms with Crippen LogP contribution in [-0.4, -0.2) is 22.7 Å². The highest BCUT2D eigenvalue weighted by molar-refractivity contribution is 6.30. The zero-order valence-corrected chi connectivity index (χ0v) is 8.77. The summed E-state index contributed by atoms with van der Waals surface area (Å²) < 4.78 is 5.06. The van der Waals surface area contributed by atoms with Crippen molar-refractivity contribution in [3.63, 3.8) is 0 Å². The van der Waals surface area contributed by atoms with Crippen molar-refractivity contribution < 1.29 is 14.8 Å². The molecule has 82 valence electrons. The van der Waals surface area contributed by atoms with Gasteiger partial charge in [0.1, 0.15) is 6.61 Å². The molecule has 0 aliphatic rings. The Bertz CT molecular complexity index is 367. The average Bonchev–Trinajstić information content (AvgIpc) is 2.15. The third-order valence-electron chi connectivity index (χ3n) is 1.60. The molecule has 15 heavy (non-hydrogen) atoms. The first kappa shape index (κ1) is 11.7. The Balaban J connectivity index is 2.91. The molecule has 1 N–H and O–H groups in total. The van der Waals surface area contributed by atoms with Gasteiger partial charge in [-0.05, 0) is 19.1 Å². The normalized spacial score (nSPS) is 12.2. The molecule has 1 atom stereocenters. The second-order valence-electron chi connectivity index (χ2n) is 3.03. The molecule has 6 heteroatoms. The Kier molecular flexibility index (Phi) is 3.88. The molecule has 0 radical (unpaired) electrons. The average molecular weight is 232 g/mol. The summed E-state index contributed by atoms with van der Waals surface area (Å²) >= 11 is 5.61. The maximum absolute atomic E-state index is 10.6. The van der Waals surface area contributed by atoms with Gasteiger partial charge in [0.25, 0.3) is 0 Å². The zero-order chi connectivity index (χ0) is 11.4. The van der Waals surface area contributed by atoms with Crippen molar-refractivity contribution in [2.24, 2.45) is 0 Å². The van der Waals surface area contributed by atoms with Gasteiger partial charge in [0.2, 0.25) is 0 Å². The van der Waals surface area contributed by atoms with E-state index in [0.29, 0.717) is 0 Å². The summed E-state index contributed by atoms with van der Waals surface area (Å²) in [6, 6.07) is 4.10. The van der Waals surface area contributed by atoms with Crippen LogP contribution >= 0.6 is 11.6 Å². The number of benzene rings is 1. The smallest absolute Gasteiger partial charge is 0.312 e. The minimum absolute atomic E-state index is 0.00245. The van der Waals surface area contributed by atoms with E-state index in [1.54, 1.807) is 0 Å². The first-order valence-electron chi connectivity index (χ1n) is 4.25. The second-order valence-corrected chi connectivity index (χ2v) is 3.47. The lowest BCUT2D eigenvalue weighted by molar-refractivity contribution is -0.385. The predicted octanol–water partition coefficient (Wildman–Crippen LogP) is 2.01. The number of nitro benzene ring substituents is 1. The van der Waals surface area contributed by atoms with Crippen LogP contribution in [0.4, 0.5) is 5.69 Å². The van der Waals surface area contributed by atoms with Crippen molar-refractivity contribution in [3.8, 4) is 5.75 Å². The highest BCUT2D eigenvalue weighted by Gasteiger charge is 2.15. The highest BCUT2D eigenvalue weighted by atomic mass is 35.5. The van der Waals surface area contributed by atoms with Crippen LogP contribution in [0.2, 0.25) is 5.02 Å². The Morgan fingerprint density at radius 3 is 2.87 bits per heavy atom. The van der Waals surface area contributed by atoms with E-state index in [1.165, 1.54) is 25.1 Å². The van der Waals surface area contributed by atoms with Gasteiger partial charge in [0.05, 0.1) is 11.0 Å². The first-order valence-corrected chi connectivity index (χ1v) is 4.63. The van der Waals surface area contributed by atoms with E-state index < -0.39 is 11.0 Å². The van der Waals surface area contributed by atoms with Crippen molar-refractivity contribution in [1.82, 2.24) is 0 Å². The number of nitro groups is 1. The minimum atomic E-state index is -0.680. The number of nitrogens with zero attached hydrogens (tertiary/aromatic N) is 1. The van der Waals surface area contributed by atoms with Gasteiger partial charge in [-0.2, -0.15) is 0 Å². The van der Waals surface area contributed by atoms with Crippen molar-refractivity contribution in [2.75, 3.05) is 6.61 Å². The molecule has 0 aromatic heterocycles. The topological polar surface area (TPSA) is 72.6 Å². The predicted molar refractivity (Wildman–Crippen MR) is 55.3 cm³/mol. The lowest BCUT2D eigenvalue weighted by atomic mass is 10.3. The zero-order valence-electron chi connectivity index (χ0n) is 8.01. The van der Waals surface area contributed by atoms with E-state index in [1.807, 2.05) is 0 Å². The SMILES string of the molecule is CC(O)COc1ccc(Cl)cc1[N+](=O)[O-]. The molecule has 1 aromatic rings. The molecular weight excluding hydrogens is 222 g/mol. The standard InChI is InChI=1S/C9H10ClNO4/c1-6(12)5-15-9-3-2-7(10)4-8(9)11(13)14/h2-4,6,12H,5H2,1H3. The number of halogens is 1. The molecule has 0 aliphatic heterocycles. The third kappa shape index (κ3) is 3.38. The number of hydrogen-bond acceptors (Lipinski definition) is 4. The van der Waals surface area contributed by atoms with Gasteiger partial charge in [0, 0.05) is 11.1 Å². The van der Waals surface area contributed by atoms with Gasteiger partial charge in [-0.25, -0.2) is 0 Å². The highest BCUT2D eigenvalue weighted by Crippen LogP contribution is 2.29. The summed E-state index contributed by atoms with van der Waals surface area (Å²) in [4.78, 5) is 10.0. The fourth-order valence-corrected chi connectivity index (χ4v) is 1.13. The largest absolute Gasteiger partial charge is 0.484 e. The summed E-state index contributed by atoms with van der Waals surface area (Å²) in [5.41, 5.74) is -0.205. The van der Waals surface area contributed by atoms with Crippen molar-refractivity contribution in [2.45, 2.75) is 13.0 Å². The maximum atomic E-state index is 10.6. The molecule has 0 spiro atoms. The van der Waals surface area contributed by atoms with Gasteiger partial charge in [-0.1, -0.05) is 11.6 Å². The maximum Gasteiger partial charge on any atom is 0.312 e. The molecule has 1 unspecified atom stereocenters. The molecule has 0 aliphatic carbocycles. The molecule has 0 heterocycles. The van der Waals surface area contributed by atoms with Gasteiger partial charge >= 0.3 is 5.69 Å². The van der Waals surface area contributed by atoms with E-state index in [4.69, 9.17) is 21.4 Å². The number of ether oxygens (including phenoxy) is 1. The monoisotopic (exact) mass is 231 g/mol. The van der Waals surface area contributed by atoms with Crippen LogP contribution in [0.3, 0.4) is 0 Å². The fraction of sp³-hybridized carbons (Fsp3) is 0.333. The molecule has 0 bridgehead atoms. The fourth-order valence-electron chi connectivity index (χ4n) is 0.966. The van der Waals surface area contributed by atoms with Crippen LogP contribution in [-0.2, 0) is 0 Å². The van der Waals surface area contributed by atoms with Crippen molar-refractivity contribution in [1.29, 1.82) is 0 Å². The van der Waals surface area contributed by atoms with E-state index in [9.17, 15) is 10.1 Å². The number of rotatable bonds is 4. The molecule has 0 saturated carbocycles. The number of aliphatic hydroxyl groups is 1. The summed E-state index contributed by atoms with van der Waals surface area (Å²) in [7, 11) is 0. The molecule has 0 saturated heterocycles. The van der Waals surface area contributed by atoms with E-state index in [0.717, 1.165) is 0 Å². The quantitative estimate of drug-likeness (QED) is 0.636. The van der Waals surface area contributed by atoms with Gasteiger partial charge in [0.15, 0.2) is 5.75 Å². The second kappa shape index (κ2) is 4.95. The van der Waals surface area contributed by atoms with Crippen molar-refractivity contribution in [3.05, 3.63) is 33.3 Å². The first-order chi connectivity index (χ1) is 7.00. The van der Waals surface area contributed by atoms with Crippen LogP contribution in [0.15, 0.2) is 18.2 Å². The molecule has 0 fully saturated rings. The van der Waals surface area contributed by atoms with E-state index in [2.05, 4.69) is 0 Å². The van der Waals surface area contributed by atoms with E-state index in [-0.39, 0.29) is 23.1 Å². The summed E-state index contributed by atoms with van der Waals surface area (Å²) in [5, 5.41) is 19.9. The molecule has 1 rings (SSSR count). The van der Waals surface area contributed by atoms with Crippen LogP contribution < -0.4 is 4.74 Å². The number of hydrogen-bond donors (Lipinski definition) is 1. The van der Waals surface area contributed by atoms with Gasteiger partial charge in [-0.15, -0.1) is 0 Å². The van der Waals surface area contributed by atoms with Crippen LogP contribution in [0.25, 0.3) is 0 Å². The molecule has 1 aromatic carbocycles. The van der Waals surface area contributed by atoms with Gasteiger partial charge in [-0.3, -0.25) is 10.1 Å². The van der Waals surface area contributed by atoms with Crippen molar-refractivity contribution >= 4 is 17.3 Å². The molecular formula is C9H10ClNO4. The summed E-state index contributed by atoms with van der Waals surface area (Å²) in [5.74, 6) is 0.102. The Labute approximate surface area is 91.4 Å². The van der Waals surface area contributed by atoms with Crippen LogP contribution in [0.1, 0.15) is 6.92 Å². The number of aliphatic hydroxyl groups excluding tert-OH is 1. The Morgan fingerprint density at radius 2 is 2.33 bits per heavy atom. The van der Waals surface area contributed by atoms with Crippen LogP contribution in [0.5, 0.6) is 5.75 Å². The lowest BCUT2D eigenvalue weighted by Crippen LogP contribution is -2.13. The summed E-state index contributed by atoms with van der Waals surface area (Å²) in [6.07, 6.45) is -0.680. The van der Waals surface area contributed by atoms with Crippen LogP contribution in [0, 0.1) is 10.1 Å². The van der Waals surface area contributed by atoms with Gasteiger partial charge < -0.3 is 9.84 Å². The summed E-state index contributed by atoms with van der Waals surface area (Å²) in [6.45, 7) is 1.53. The molecule has 5 nitrogen and oxygen atoms in total. The Morgan fingerprint density at radius 1 is 1.67 bits per heavy atom. The third-order valence-corrected chi connectivity index (χ3v) is 1.83. The minimum Gasteiger partial charge on any atom is -0.484 e. The lowest BCUT2D eigenvalue weighted by Gasteiger charge is -2.08. The van der Waals surface area contributed by atoms with E-state index >= 15 is 0 Å². The molecule has 0 amide bonds.